The Morgan fingerprint density at radius 1 is 1.18 bits per heavy atom. The van der Waals surface area contributed by atoms with E-state index in [1.54, 1.807) is 6.07 Å². The minimum Gasteiger partial charge on any atom is -0.442 e. The highest BCUT2D eigenvalue weighted by Gasteiger charge is 2.38. The molecule has 2 aliphatic rings. The lowest BCUT2D eigenvalue weighted by Gasteiger charge is -2.27. The number of unbranched alkanes of at least 4 members (excludes halogenated alkanes) is 1. The Labute approximate surface area is 275 Å². The second-order valence-corrected chi connectivity index (χ2v) is 12.5. The van der Waals surface area contributed by atoms with Gasteiger partial charge in [-0.3, -0.25) is 29.0 Å². The second-order valence-electron chi connectivity index (χ2n) is 10.8. The van der Waals surface area contributed by atoms with Crippen LogP contribution in [0, 0.1) is 11.7 Å². The zero-order valence-corrected chi connectivity index (χ0v) is 27.2. The molecule has 0 aliphatic carbocycles. The highest BCUT2D eigenvalue weighted by Crippen LogP contribution is 2.30. The topological polar surface area (TPSA) is 152 Å². The van der Waals surface area contributed by atoms with Gasteiger partial charge in [-0.25, -0.2) is 9.18 Å². The lowest BCUT2D eigenvalue weighted by atomic mass is 10.0. The van der Waals surface area contributed by atoms with Crippen LogP contribution in [0.1, 0.15) is 42.8 Å². The summed E-state index contributed by atoms with van der Waals surface area (Å²) in [7, 11) is 0. The molecule has 0 radical (unpaired) electrons. The number of amides is 5. The van der Waals surface area contributed by atoms with Crippen molar-refractivity contribution in [3.8, 4) is 0 Å². The van der Waals surface area contributed by atoms with Gasteiger partial charge in [0, 0.05) is 18.7 Å². The Morgan fingerprint density at radius 3 is 2.56 bits per heavy atom. The first-order valence-corrected chi connectivity index (χ1v) is 15.4. The summed E-state index contributed by atoms with van der Waals surface area (Å²) >= 11 is 7.04. The number of benzene rings is 1. The SMILES string of the molecule is CC(C)[C@H](NCCCCC(=O)N(C[C@H]1CN(c2ccc(N3CCOCC3=O)cc2F)C(=O)O1)C(=O)c1ccc(Cl)s1)C(N)=O.Cl. The number of cyclic esters (lactones) is 1. The third-order valence-electron chi connectivity index (χ3n) is 7.26. The second kappa shape index (κ2) is 16.3. The number of rotatable bonds is 13. The van der Waals surface area contributed by atoms with Crippen LogP contribution >= 0.6 is 35.3 Å². The average Bonchev–Trinajstić information content (AvgIpc) is 3.57. The van der Waals surface area contributed by atoms with Crippen LogP contribution in [-0.2, 0) is 23.9 Å². The first-order valence-electron chi connectivity index (χ1n) is 14.2. The van der Waals surface area contributed by atoms with Crippen molar-refractivity contribution in [2.24, 2.45) is 11.7 Å². The summed E-state index contributed by atoms with van der Waals surface area (Å²) in [6.45, 7) is 4.36. The maximum absolute atomic E-state index is 15.2. The lowest BCUT2D eigenvalue weighted by Crippen LogP contribution is -2.45. The maximum atomic E-state index is 15.2. The van der Waals surface area contributed by atoms with Crippen LogP contribution in [0.15, 0.2) is 30.3 Å². The minimum atomic E-state index is -0.922. The monoisotopic (exact) mass is 687 g/mol. The van der Waals surface area contributed by atoms with E-state index in [0.717, 1.165) is 21.1 Å². The zero-order chi connectivity index (χ0) is 32.0. The van der Waals surface area contributed by atoms with Crippen LogP contribution in [0.3, 0.4) is 0 Å². The Hall–Kier alpha value is -3.30. The summed E-state index contributed by atoms with van der Waals surface area (Å²) in [6, 6.07) is 6.65. The van der Waals surface area contributed by atoms with E-state index in [-0.39, 0.29) is 67.5 Å². The van der Waals surface area contributed by atoms with Crippen LogP contribution in [0.2, 0.25) is 4.34 Å². The number of hydrogen-bond donors (Lipinski definition) is 2. The van der Waals surface area contributed by atoms with E-state index in [2.05, 4.69) is 5.32 Å². The van der Waals surface area contributed by atoms with Crippen LogP contribution < -0.4 is 20.9 Å². The fraction of sp³-hybridized carbons (Fsp3) is 0.483. The number of carbonyl (C=O) groups is 5. The van der Waals surface area contributed by atoms with Gasteiger partial charge in [0.05, 0.1) is 40.6 Å². The number of halogens is 3. The van der Waals surface area contributed by atoms with Crippen molar-refractivity contribution in [1.82, 2.24) is 10.2 Å². The van der Waals surface area contributed by atoms with E-state index in [1.807, 2.05) is 13.8 Å². The molecule has 1 aromatic heterocycles. The molecule has 3 N–H and O–H groups in total. The van der Waals surface area contributed by atoms with E-state index >= 15 is 4.39 Å². The van der Waals surface area contributed by atoms with Crippen molar-refractivity contribution < 1.29 is 37.8 Å². The molecule has 2 atom stereocenters. The predicted octanol–water partition coefficient (Wildman–Crippen LogP) is 3.59. The molecule has 2 saturated heterocycles. The normalized spacial score (nSPS) is 17.2. The smallest absolute Gasteiger partial charge is 0.414 e. The lowest BCUT2D eigenvalue weighted by molar-refractivity contribution is -0.129. The number of nitrogens with one attached hydrogen (secondary N) is 1. The molecular formula is C29H36Cl2FN5O7S. The van der Waals surface area contributed by atoms with Crippen LogP contribution in [0.5, 0.6) is 0 Å². The number of imide groups is 1. The number of anilines is 2. The number of nitrogens with zero attached hydrogens (tertiary/aromatic N) is 3. The van der Waals surface area contributed by atoms with Crippen LogP contribution in [0.25, 0.3) is 0 Å². The van der Waals surface area contributed by atoms with Gasteiger partial charge in [-0.2, -0.15) is 0 Å². The molecule has 0 bridgehead atoms. The van der Waals surface area contributed by atoms with Gasteiger partial charge in [0.1, 0.15) is 18.5 Å². The van der Waals surface area contributed by atoms with Crippen molar-refractivity contribution in [3.05, 3.63) is 45.4 Å². The van der Waals surface area contributed by atoms with Gasteiger partial charge in [-0.05, 0) is 55.6 Å². The minimum absolute atomic E-state index is 0. The Morgan fingerprint density at radius 2 is 1.93 bits per heavy atom. The Kier molecular flexibility index (Phi) is 13.1. The van der Waals surface area contributed by atoms with Crippen molar-refractivity contribution in [2.45, 2.75) is 45.3 Å². The highest BCUT2D eigenvalue weighted by atomic mass is 35.5. The standard InChI is InChI=1S/C29H35ClFN5O7S.ClH/c1-17(2)26(27(32)39)33-10-4-3-5-24(37)36(28(40)22-8-9-23(30)44-22)15-19-14-35(29(41)43-19)21-7-6-18(13-20(21)31)34-11-12-42-16-25(34)38;/h6-9,13,17,19,26,33H,3-5,10-12,14-16H2,1-2H3,(H2,32,39);1H/t19-,26+;/m1./s1. The largest absolute Gasteiger partial charge is 0.442 e. The number of carbonyl (C=O) groups excluding carboxylic acids is 5. The number of nitrogens with two attached hydrogens (primary N) is 1. The molecule has 2 aliphatic heterocycles. The number of hydrogen-bond acceptors (Lipinski definition) is 9. The summed E-state index contributed by atoms with van der Waals surface area (Å²) in [4.78, 5) is 66.9. The molecule has 16 heteroatoms. The average molecular weight is 689 g/mol. The summed E-state index contributed by atoms with van der Waals surface area (Å²) in [5.41, 5.74) is 5.71. The summed E-state index contributed by atoms with van der Waals surface area (Å²) in [5.74, 6) is -2.54. The van der Waals surface area contributed by atoms with Gasteiger partial charge < -0.3 is 25.4 Å². The van der Waals surface area contributed by atoms with Gasteiger partial charge in [-0.15, -0.1) is 23.7 Å². The molecule has 0 unspecified atom stereocenters. The van der Waals surface area contributed by atoms with Crippen LogP contribution in [0.4, 0.5) is 20.6 Å². The van der Waals surface area contributed by atoms with E-state index in [9.17, 15) is 24.0 Å². The first-order chi connectivity index (χ1) is 21.0. The van der Waals surface area contributed by atoms with Gasteiger partial charge in [0.25, 0.3) is 11.8 Å². The fourth-order valence-corrected chi connectivity index (χ4v) is 6.00. The molecule has 1 aromatic carbocycles. The zero-order valence-electron chi connectivity index (χ0n) is 24.8. The third-order valence-corrected chi connectivity index (χ3v) is 8.48. The molecule has 0 spiro atoms. The van der Waals surface area contributed by atoms with E-state index in [4.69, 9.17) is 26.8 Å². The molecule has 3 heterocycles. The number of morpholine rings is 1. The van der Waals surface area contributed by atoms with E-state index in [0.29, 0.717) is 36.0 Å². The molecular weight excluding hydrogens is 652 g/mol. The van der Waals surface area contributed by atoms with Gasteiger partial charge in [0.15, 0.2) is 0 Å². The first kappa shape index (κ1) is 36.2. The van der Waals surface area contributed by atoms with E-state index < -0.39 is 41.8 Å². The number of primary amides is 1. The Balaban J connectivity index is 0.00000552. The van der Waals surface area contributed by atoms with Crippen molar-refractivity contribution in [3.63, 3.8) is 0 Å². The maximum Gasteiger partial charge on any atom is 0.414 e. The molecule has 2 aromatic rings. The quantitative estimate of drug-likeness (QED) is 0.303. The highest BCUT2D eigenvalue weighted by molar-refractivity contribution is 7.18. The van der Waals surface area contributed by atoms with Gasteiger partial charge >= 0.3 is 6.09 Å². The molecule has 246 valence electrons. The summed E-state index contributed by atoms with van der Waals surface area (Å²) < 4.78 is 26.1. The number of ether oxygens (including phenoxy) is 2. The molecule has 4 rings (SSSR count). The molecule has 12 nitrogen and oxygen atoms in total. The molecule has 45 heavy (non-hydrogen) atoms. The molecule has 5 amide bonds. The van der Waals surface area contributed by atoms with Crippen molar-refractivity contribution >= 4 is 76.4 Å². The third kappa shape index (κ3) is 9.13. The Bertz CT molecular complexity index is 1410. The summed E-state index contributed by atoms with van der Waals surface area (Å²) in [6.07, 6.45) is -0.759. The van der Waals surface area contributed by atoms with E-state index in [1.165, 1.54) is 29.2 Å². The van der Waals surface area contributed by atoms with Crippen molar-refractivity contribution in [2.75, 3.05) is 49.2 Å². The van der Waals surface area contributed by atoms with Crippen molar-refractivity contribution in [1.29, 1.82) is 0 Å². The summed E-state index contributed by atoms with van der Waals surface area (Å²) in [5, 5.41) is 3.09. The van der Waals surface area contributed by atoms with Crippen LogP contribution in [-0.4, -0.2) is 86.2 Å². The van der Waals surface area contributed by atoms with Gasteiger partial charge in [0.2, 0.25) is 11.8 Å². The molecule has 0 saturated carbocycles. The predicted molar refractivity (Wildman–Crippen MR) is 169 cm³/mol. The van der Waals surface area contributed by atoms with Gasteiger partial charge in [-0.1, -0.05) is 25.4 Å². The fourth-order valence-electron chi connectivity index (χ4n) is 5.01. The number of thiophene rings is 1. The molecule has 2 fully saturated rings.